The van der Waals surface area contributed by atoms with Crippen molar-refractivity contribution in [2.45, 2.75) is 13.0 Å². The lowest BCUT2D eigenvalue weighted by Crippen LogP contribution is -2.13. The zero-order chi connectivity index (χ0) is 12.3. The molecule has 17 heavy (non-hydrogen) atoms. The van der Waals surface area contributed by atoms with Crippen molar-refractivity contribution >= 4 is 16.7 Å². The van der Waals surface area contributed by atoms with Crippen LogP contribution in [0.3, 0.4) is 0 Å². The van der Waals surface area contributed by atoms with Crippen molar-refractivity contribution < 1.29 is 9.50 Å². The van der Waals surface area contributed by atoms with Crippen molar-refractivity contribution in [2.75, 3.05) is 11.9 Å². The number of hydrogen-bond donors (Lipinski definition) is 2. The molecule has 2 aromatic rings. The second-order valence-electron chi connectivity index (χ2n) is 3.56. The number of anilines is 1. The predicted octanol–water partition coefficient (Wildman–Crippen LogP) is 2.13. The maximum atomic E-state index is 13.4. The molecule has 0 spiro atoms. The fourth-order valence-electron chi connectivity index (χ4n) is 1.41. The molecular formula is C11H12FN3OS. The summed E-state index contributed by atoms with van der Waals surface area (Å²) >= 11 is 1.21. The van der Waals surface area contributed by atoms with Crippen molar-refractivity contribution in [1.82, 2.24) is 9.36 Å². The SMILES string of the molecule is Cc1nsc(NCC(O)c2ccccc2F)n1. The van der Waals surface area contributed by atoms with Crippen LogP contribution in [0.25, 0.3) is 0 Å². The minimum atomic E-state index is -0.902. The van der Waals surface area contributed by atoms with Gasteiger partial charge in [-0.1, -0.05) is 18.2 Å². The van der Waals surface area contributed by atoms with E-state index in [1.54, 1.807) is 25.1 Å². The van der Waals surface area contributed by atoms with Gasteiger partial charge in [0.15, 0.2) is 0 Å². The molecule has 0 aliphatic carbocycles. The van der Waals surface area contributed by atoms with Gasteiger partial charge in [0.1, 0.15) is 11.6 Å². The van der Waals surface area contributed by atoms with Crippen LogP contribution in [-0.2, 0) is 0 Å². The molecule has 0 amide bonds. The third-order valence-electron chi connectivity index (χ3n) is 2.24. The smallest absolute Gasteiger partial charge is 0.202 e. The molecule has 1 heterocycles. The van der Waals surface area contributed by atoms with Gasteiger partial charge in [0.05, 0.1) is 6.10 Å². The van der Waals surface area contributed by atoms with Crippen LogP contribution in [0.1, 0.15) is 17.5 Å². The van der Waals surface area contributed by atoms with E-state index < -0.39 is 11.9 Å². The molecular weight excluding hydrogens is 241 g/mol. The van der Waals surface area contributed by atoms with Gasteiger partial charge in [-0.3, -0.25) is 0 Å². The Bertz CT molecular complexity index is 503. The Kier molecular flexibility index (Phi) is 3.65. The Morgan fingerprint density at radius 3 is 2.88 bits per heavy atom. The number of nitrogens with zero attached hydrogens (tertiary/aromatic N) is 2. The Balaban J connectivity index is 1.98. The summed E-state index contributed by atoms with van der Waals surface area (Å²) in [6, 6.07) is 6.17. The van der Waals surface area contributed by atoms with E-state index in [0.717, 1.165) is 0 Å². The highest BCUT2D eigenvalue weighted by Crippen LogP contribution is 2.18. The normalized spacial score (nSPS) is 12.4. The molecule has 0 bridgehead atoms. The Labute approximate surface area is 102 Å². The van der Waals surface area contributed by atoms with Crippen molar-refractivity contribution in [1.29, 1.82) is 0 Å². The highest BCUT2D eigenvalue weighted by Gasteiger charge is 2.12. The fourth-order valence-corrected chi connectivity index (χ4v) is 1.99. The monoisotopic (exact) mass is 253 g/mol. The molecule has 90 valence electrons. The van der Waals surface area contributed by atoms with Crippen LogP contribution >= 0.6 is 11.5 Å². The number of aromatic nitrogens is 2. The van der Waals surface area contributed by atoms with Crippen LogP contribution in [0.5, 0.6) is 0 Å². The van der Waals surface area contributed by atoms with Crippen molar-refractivity contribution in [3.8, 4) is 0 Å². The van der Waals surface area contributed by atoms with Crippen LogP contribution in [0.4, 0.5) is 9.52 Å². The number of rotatable bonds is 4. The number of aryl methyl sites for hydroxylation is 1. The Hall–Kier alpha value is -1.53. The first kappa shape index (κ1) is 11.9. The zero-order valence-corrected chi connectivity index (χ0v) is 10.0. The molecule has 4 nitrogen and oxygen atoms in total. The Morgan fingerprint density at radius 1 is 1.47 bits per heavy atom. The topological polar surface area (TPSA) is 58.0 Å². The molecule has 0 fully saturated rings. The number of aliphatic hydroxyl groups is 1. The highest BCUT2D eigenvalue weighted by molar-refractivity contribution is 7.09. The third kappa shape index (κ3) is 2.98. The molecule has 0 saturated heterocycles. The molecule has 6 heteroatoms. The number of benzene rings is 1. The summed E-state index contributed by atoms with van der Waals surface area (Å²) < 4.78 is 17.4. The maximum Gasteiger partial charge on any atom is 0.202 e. The van der Waals surface area contributed by atoms with Crippen LogP contribution in [0.2, 0.25) is 0 Å². The van der Waals surface area contributed by atoms with Gasteiger partial charge in [-0.05, 0) is 13.0 Å². The minimum Gasteiger partial charge on any atom is -0.386 e. The lowest BCUT2D eigenvalue weighted by molar-refractivity contribution is 0.186. The largest absolute Gasteiger partial charge is 0.386 e. The van der Waals surface area contributed by atoms with E-state index in [-0.39, 0.29) is 12.1 Å². The van der Waals surface area contributed by atoms with E-state index in [4.69, 9.17) is 0 Å². The first-order valence-corrected chi connectivity index (χ1v) is 5.91. The lowest BCUT2D eigenvalue weighted by Gasteiger charge is -2.11. The van der Waals surface area contributed by atoms with Crippen molar-refractivity contribution in [3.05, 3.63) is 41.5 Å². The van der Waals surface area contributed by atoms with E-state index in [1.807, 2.05) is 0 Å². The second-order valence-corrected chi connectivity index (χ2v) is 4.32. The van der Waals surface area contributed by atoms with E-state index in [9.17, 15) is 9.50 Å². The molecule has 0 radical (unpaired) electrons. The number of halogens is 1. The van der Waals surface area contributed by atoms with Crippen LogP contribution < -0.4 is 5.32 Å². The van der Waals surface area contributed by atoms with Crippen LogP contribution in [0.15, 0.2) is 24.3 Å². The van der Waals surface area contributed by atoms with E-state index in [1.165, 1.54) is 17.6 Å². The van der Waals surface area contributed by atoms with Gasteiger partial charge in [-0.15, -0.1) is 0 Å². The average molecular weight is 253 g/mol. The first-order valence-electron chi connectivity index (χ1n) is 5.13. The van der Waals surface area contributed by atoms with Gasteiger partial charge in [0, 0.05) is 23.6 Å². The quantitative estimate of drug-likeness (QED) is 0.876. The number of nitrogens with one attached hydrogen (secondary N) is 1. The van der Waals surface area contributed by atoms with Crippen molar-refractivity contribution in [3.63, 3.8) is 0 Å². The van der Waals surface area contributed by atoms with Gasteiger partial charge in [-0.25, -0.2) is 9.37 Å². The lowest BCUT2D eigenvalue weighted by atomic mass is 10.1. The summed E-state index contributed by atoms with van der Waals surface area (Å²) in [5, 5.41) is 13.4. The summed E-state index contributed by atoms with van der Waals surface area (Å²) in [4.78, 5) is 4.09. The van der Waals surface area contributed by atoms with Gasteiger partial charge < -0.3 is 10.4 Å². The van der Waals surface area contributed by atoms with Gasteiger partial charge in [0.2, 0.25) is 5.13 Å². The summed E-state index contributed by atoms with van der Waals surface area (Å²) in [6.07, 6.45) is -0.902. The first-order chi connectivity index (χ1) is 8.16. The van der Waals surface area contributed by atoms with E-state index in [0.29, 0.717) is 11.0 Å². The molecule has 1 unspecified atom stereocenters. The molecule has 1 atom stereocenters. The summed E-state index contributed by atoms with van der Waals surface area (Å²) in [5.41, 5.74) is 0.279. The van der Waals surface area contributed by atoms with Crippen molar-refractivity contribution in [2.24, 2.45) is 0 Å². The standard InChI is InChI=1S/C11H12FN3OS/c1-7-14-11(17-15-7)13-6-10(16)8-4-2-3-5-9(8)12/h2-5,10,16H,6H2,1H3,(H,13,14,15). The molecule has 2 rings (SSSR count). The second kappa shape index (κ2) is 5.20. The minimum absolute atomic E-state index is 0.204. The van der Waals surface area contributed by atoms with Gasteiger partial charge in [0.25, 0.3) is 0 Å². The summed E-state index contributed by atoms with van der Waals surface area (Å²) in [6.45, 7) is 1.99. The predicted molar refractivity (Wildman–Crippen MR) is 64.5 cm³/mol. The van der Waals surface area contributed by atoms with E-state index in [2.05, 4.69) is 14.7 Å². The average Bonchev–Trinajstić information content (AvgIpc) is 2.73. The number of hydrogen-bond acceptors (Lipinski definition) is 5. The maximum absolute atomic E-state index is 13.4. The van der Waals surface area contributed by atoms with Gasteiger partial charge >= 0.3 is 0 Å². The fraction of sp³-hybridized carbons (Fsp3) is 0.273. The molecule has 0 saturated carbocycles. The van der Waals surface area contributed by atoms with E-state index >= 15 is 0 Å². The zero-order valence-electron chi connectivity index (χ0n) is 9.22. The van der Waals surface area contributed by atoms with Crippen LogP contribution in [-0.4, -0.2) is 21.0 Å². The number of aliphatic hydroxyl groups excluding tert-OH is 1. The third-order valence-corrected chi connectivity index (χ3v) is 3.00. The highest BCUT2D eigenvalue weighted by atomic mass is 32.1. The Morgan fingerprint density at radius 2 is 2.24 bits per heavy atom. The summed E-state index contributed by atoms with van der Waals surface area (Å²) in [7, 11) is 0. The molecule has 0 aliphatic rings. The summed E-state index contributed by atoms with van der Waals surface area (Å²) in [5.74, 6) is 0.271. The molecule has 0 aliphatic heterocycles. The van der Waals surface area contributed by atoms with Gasteiger partial charge in [-0.2, -0.15) is 4.37 Å². The molecule has 1 aromatic heterocycles. The molecule has 1 aromatic carbocycles. The molecule has 2 N–H and O–H groups in total. The van der Waals surface area contributed by atoms with Crippen LogP contribution in [0, 0.1) is 12.7 Å².